The van der Waals surface area contributed by atoms with Crippen molar-refractivity contribution in [3.63, 3.8) is 0 Å². The molecule has 0 bridgehead atoms. The summed E-state index contributed by atoms with van der Waals surface area (Å²) in [4.78, 5) is 74.4. The molecular weight excluding hydrogens is 893 g/mol. The average Bonchev–Trinajstić information content (AvgIpc) is 3.71. The standard InChI is InChI=1S/C51H58O16.C2H6/c1-26(16-12-18-28(3)20-22-33-30(5)24-35(37(52)31(33)6)64-49(62)43(58)45-39(54)41(56)47(60)66-45)14-10-11-15-27(2)17-13-19-29(4)21-23-34-32(7)38(53)36(25-51(34,8)9)65-50(63)44(59)46-40(55)42(57)48(61)67-46;1-2/h10-23,30,35-36,43-46,54-59H,24-25H2,1-9H3;1-2H3/b11-10+,16-12+,17-13+,22-20+,23-21+,26-14+,27-15+,28-18+,29-19+;. The third-order valence-corrected chi connectivity index (χ3v) is 11.4. The van der Waals surface area contributed by atoms with Gasteiger partial charge in [0.2, 0.25) is 11.5 Å². The second-order valence-corrected chi connectivity index (χ2v) is 17.3. The summed E-state index contributed by atoms with van der Waals surface area (Å²) in [5, 5.41) is 59.1. The quantitative estimate of drug-likeness (QED) is 0.0488. The molecule has 0 radical (unpaired) electrons. The molecule has 16 heteroatoms. The van der Waals surface area contributed by atoms with Gasteiger partial charge in [-0.15, -0.1) is 0 Å². The summed E-state index contributed by atoms with van der Waals surface area (Å²) in [5.74, 6) is -10.5. The predicted octanol–water partition coefficient (Wildman–Crippen LogP) is 7.87. The topological polar surface area (TPSA) is 261 Å². The van der Waals surface area contributed by atoms with Crippen LogP contribution in [0.2, 0.25) is 0 Å². The van der Waals surface area contributed by atoms with Gasteiger partial charge in [-0.05, 0) is 81.6 Å². The van der Waals surface area contributed by atoms with Crippen molar-refractivity contribution < 1.29 is 78.4 Å². The van der Waals surface area contributed by atoms with Gasteiger partial charge in [0.05, 0.1) is 0 Å². The zero-order chi connectivity index (χ0) is 52.1. The van der Waals surface area contributed by atoms with Crippen molar-refractivity contribution in [2.24, 2.45) is 11.3 Å². The number of rotatable bonds is 16. The number of carbonyl (C=O) groups excluding carboxylic acids is 6. The number of hydrogen-bond donors (Lipinski definition) is 6. The van der Waals surface area contributed by atoms with E-state index in [4.69, 9.17) is 9.47 Å². The van der Waals surface area contributed by atoms with Gasteiger partial charge in [-0.3, -0.25) is 9.59 Å². The summed E-state index contributed by atoms with van der Waals surface area (Å²) in [7, 11) is 0. The fraction of sp³-hybridized carbons (Fsp3) is 0.396. The SMILES string of the molecule is CC.CC1=C(/C=C/C(C)=C/C=C/C(C)=C/C=C/C=C(C)/C=C/C=C(C)/C=C/C2=C(C)C(=O)C(OC(=O)C(O)C3OC(=O)C(O)=C3O)CC2(C)C)C(C)CC(OC(=O)C(O)C2OC(=O)C(O)=C2O)C1=O. The third-order valence-electron chi connectivity index (χ3n) is 11.4. The summed E-state index contributed by atoms with van der Waals surface area (Å²) in [6, 6.07) is 0. The highest BCUT2D eigenvalue weighted by atomic mass is 16.6. The van der Waals surface area contributed by atoms with Gasteiger partial charge in [-0.1, -0.05) is 142 Å². The lowest BCUT2D eigenvalue weighted by molar-refractivity contribution is -0.172. The first kappa shape index (κ1) is 56.3. The Kier molecular flexibility index (Phi) is 20.2. The van der Waals surface area contributed by atoms with Crippen LogP contribution >= 0.6 is 0 Å². The second kappa shape index (κ2) is 24.8. The minimum atomic E-state index is -2.15. The van der Waals surface area contributed by atoms with Crippen LogP contribution in [-0.2, 0) is 47.7 Å². The van der Waals surface area contributed by atoms with Gasteiger partial charge >= 0.3 is 23.9 Å². The Labute approximate surface area is 402 Å². The van der Waals surface area contributed by atoms with Crippen LogP contribution in [0, 0.1) is 11.3 Å². The van der Waals surface area contributed by atoms with Crippen LogP contribution in [0.4, 0.5) is 0 Å². The molecule has 0 aromatic heterocycles. The molecule has 0 saturated carbocycles. The average molecular weight is 957 g/mol. The number of cyclic esters (lactones) is 2. The summed E-state index contributed by atoms with van der Waals surface area (Å²) in [6.07, 6.45) is 16.6. The molecule has 4 rings (SSSR count). The number of ether oxygens (including phenoxy) is 4. The van der Waals surface area contributed by atoms with Gasteiger partial charge in [0.15, 0.2) is 59.7 Å². The first-order chi connectivity index (χ1) is 32.4. The number of esters is 4. The van der Waals surface area contributed by atoms with E-state index in [2.05, 4.69) is 9.47 Å². The van der Waals surface area contributed by atoms with Crippen LogP contribution in [0.1, 0.15) is 89.0 Å². The number of aliphatic hydroxyl groups is 6. The van der Waals surface area contributed by atoms with E-state index >= 15 is 0 Å². The van der Waals surface area contributed by atoms with Crippen molar-refractivity contribution in [3.05, 3.63) is 153 Å². The Morgan fingerprint density at radius 2 is 1.01 bits per heavy atom. The maximum Gasteiger partial charge on any atom is 0.378 e. The molecule has 7 atom stereocenters. The molecule has 0 aromatic carbocycles. The maximum atomic E-state index is 13.2. The largest absolute Gasteiger partial charge is 0.505 e. The van der Waals surface area contributed by atoms with E-state index in [-0.39, 0.29) is 18.8 Å². The van der Waals surface area contributed by atoms with Gasteiger partial charge in [-0.2, -0.15) is 0 Å². The van der Waals surface area contributed by atoms with Crippen molar-refractivity contribution in [3.8, 4) is 0 Å². The second-order valence-electron chi connectivity index (χ2n) is 17.3. The van der Waals surface area contributed by atoms with E-state index in [1.807, 2.05) is 147 Å². The van der Waals surface area contributed by atoms with Crippen LogP contribution in [-0.4, -0.2) is 103 Å². The normalized spacial score (nSPS) is 25.1. The summed E-state index contributed by atoms with van der Waals surface area (Å²) in [6.45, 7) is 20.7. The lowest BCUT2D eigenvalue weighted by Crippen LogP contribution is -2.44. The Bertz CT molecular complexity index is 2470. The first-order valence-electron chi connectivity index (χ1n) is 22.4. The summed E-state index contributed by atoms with van der Waals surface area (Å²) in [5.41, 5.74) is 5.49. The molecule has 372 valence electrons. The molecule has 69 heavy (non-hydrogen) atoms. The number of Topliss-reactive ketones (excluding diaryl/α,β-unsaturated/α-hetero) is 2. The van der Waals surface area contributed by atoms with E-state index in [9.17, 15) is 59.4 Å². The van der Waals surface area contributed by atoms with Crippen molar-refractivity contribution in [1.82, 2.24) is 0 Å². The van der Waals surface area contributed by atoms with Crippen molar-refractivity contribution in [1.29, 1.82) is 0 Å². The Hall–Kier alpha value is -7.04. The zero-order valence-electron chi connectivity index (χ0n) is 40.8. The molecule has 6 N–H and O–H groups in total. The predicted molar refractivity (Wildman–Crippen MR) is 256 cm³/mol. The maximum absolute atomic E-state index is 13.2. The molecule has 0 saturated heterocycles. The molecule has 0 amide bonds. The van der Waals surface area contributed by atoms with Crippen molar-refractivity contribution in [2.45, 2.75) is 126 Å². The number of hydrogen-bond acceptors (Lipinski definition) is 16. The lowest BCUT2D eigenvalue weighted by Gasteiger charge is -2.36. The highest BCUT2D eigenvalue weighted by Gasteiger charge is 2.47. The van der Waals surface area contributed by atoms with Crippen molar-refractivity contribution >= 4 is 35.4 Å². The van der Waals surface area contributed by atoms with Gasteiger partial charge in [0, 0.05) is 6.42 Å². The van der Waals surface area contributed by atoms with E-state index in [1.54, 1.807) is 13.8 Å². The Balaban J connectivity index is 0.00000622. The van der Waals surface area contributed by atoms with Crippen LogP contribution in [0.3, 0.4) is 0 Å². The molecule has 4 aliphatic rings. The molecular formula is C53H64O16. The Morgan fingerprint density at radius 1 is 0.623 bits per heavy atom. The number of carbonyl (C=O) groups is 6. The molecule has 0 aromatic rings. The highest BCUT2D eigenvalue weighted by Crippen LogP contribution is 2.41. The fourth-order valence-corrected chi connectivity index (χ4v) is 7.50. The smallest absolute Gasteiger partial charge is 0.378 e. The van der Waals surface area contributed by atoms with E-state index < -0.39 is 101 Å². The molecule has 0 spiro atoms. The number of ketones is 2. The van der Waals surface area contributed by atoms with Crippen LogP contribution in [0.25, 0.3) is 0 Å². The van der Waals surface area contributed by atoms with Crippen LogP contribution in [0.15, 0.2) is 153 Å². The molecule has 0 fully saturated rings. The summed E-state index contributed by atoms with van der Waals surface area (Å²) >= 11 is 0. The first-order valence-corrected chi connectivity index (χ1v) is 22.4. The van der Waals surface area contributed by atoms with E-state index in [0.29, 0.717) is 11.1 Å². The minimum absolute atomic E-state index is 0.108. The molecule has 2 aliphatic heterocycles. The van der Waals surface area contributed by atoms with E-state index in [1.165, 1.54) is 0 Å². The van der Waals surface area contributed by atoms with Crippen LogP contribution < -0.4 is 0 Å². The lowest BCUT2D eigenvalue weighted by atomic mass is 9.71. The van der Waals surface area contributed by atoms with Gasteiger partial charge in [0.25, 0.3) is 0 Å². The number of allylic oxidation sites excluding steroid dienone is 20. The molecule has 7 unspecified atom stereocenters. The molecule has 2 heterocycles. The zero-order valence-corrected chi connectivity index (χ0v) is 40.8. The van der Waals surface area contributed by atoms with Crippen LogP contribution in [0.5, 0.6) is 0 Å². The monoisotopic (exact) mass is 956 g/mol. The molecule has 2 aliphatic carbocycles. The van der Waals surface area contributed by atoms with Gasteiger partial charge < -0.3 is 49.6 Å². The molecule has 16 nitrogen and oxygen atoms in total. The van der Waals surface area contributed by atoms with E-state index in [0.717, 1.165) is 33.4 Å². The number of aliphatic hydroxyl groups excluding tert-OH is 6. The Morgan fingerprint density at radius 3 is 1.45 bits per heavy atom. The van der Waals surface area contributed by atoms with Crippen molar-refractivity contribution in [2.75, 3.05) is 0 Å². The fourth-order valence-electron chi connectivity index (χ4n) is 7.50. The summed E-state index contributed by atoms with van der Waals surface area (Å²) < 4.78 is 19.8. The highest BCUT2D eigenvalue weighted by molar-refractivity contribution is 6.02. The van der Waals surface area contributed by atoms with Gasteiger partial charge in [-0.25, -0.2) is 19.2 Å². The third kappa shape index (κ3) is 14.5. The van der Waals surface area contributed by atoms with Gasteiger partial charge in [0.1, 0.15) is 0 Å². The minimum Gasteiger partial charge on any atom is -0.505 e.